The van der Waals surface area contributed by atoms with Crippen LogP contribution in [0.25, 0.3) is 0 Å². The number of rotatable bonds is 7. The molecule has 0 bridgehead atoms. The van der Waals surface area contributed by atoms with Gasteiger partial charge in [0, 0.05) is 0 Å². The van der Waals surface area contributed by atoms with E-state index in [1.54, 1.807) is 18.4 Å². The zero-order valence-electron chi connectivity index (χ0n) is 14.1. The Bertz CT molecular complexity index is 679. The van der Waals surface area contributed by atoms with Crippen LogP contribution in [-0.4, -0.2) is 36.3 Å². The van der Waals surface area contributed by atoms with Crippen LogP contribution < -0.4 is 10.6 Å². The molecular formula is C19H23N3O3. The van der Waals surface area contributed by atoms with Crippen LogP contribution >= 0.6 is 0 Å². The van der Waals surface area contributed by atoms with Crippen molar-refractivity contribution >= 4 is 11.8 Å². The molecule has 0 saturated carbocycles. The molecule has 1 aliphatic heterocycles. The number of amides is 2. The molecule has 6 heteroatoms. The predicted octanol–water partition coefficient (Wildman–Crippen LogP) is 1.85. The van der Waals surface area contributed by atoms with Gasteiger partial charge >= 0.3 is 0 Å². The van der Waals surface area contributed by atoms with Gasteiger partial charge in [0.1, 0.15) is 11.8 Å². The lowest BCUT2D eigenvalue weighted by atomic mass is 10.0. The topological polar surface area (TPSA) is 74.6 Å². The summed E-state index contributed by atoms with van der Waals surface area (Å²) < 4.78 is 5.16. The third kappa shape index (κ3) is 4.70. The van der Waals surface area contributed by atoms with Crippen LogP contribution in [-0.2, 0) is 16.1 Å². The van der Waals surface area contributed by atoms with Gasteiger partial charge in [-0.2, -0.15) is 0 Å². The number of hydrogen-bond donors (Lipinski definition) is 2. The van der Waals surface area contributed by atoms with Crippen LogP contribution in [0.2, 0.25) is 0 Å². The van der Waals surface area contributed by atoms with Gasteiger partial charge in [0.25, 0.3) is 0 Å². The Morgan fingerprint density at radius 1 is 1.04 bits per heavy atom. The number of carbonyl (C=O) groups is 2. The Morgan fingerprint density at radius 2 is 1.80 bits per heavy atom. The first kappa shape index (κ1) is 17.2. The molecule has 0 aliphatic carbocycles. The number of hydrogen-bond acceptors (Lipinski definition) is 4. The van der Waals surface area contributed by atoms with Crippen molar-refractivity contribution in [2.75, 3.05) is 19.6 Å². The minimum atomic E-state index is -0.346. The molecule has 6 nitrogen and oxygen atoms in total. The van der Waals surface area contributed by atoms with E-state index in [1.807, 2.05) is 30.3 Å². The van der Waals surface area contributed by atoms with E-state index in [1.165, 1.54) is 0 Å². The molecule has 1 atom stereocenters. The lowest BCUT2D eigenvalue weighted by Crippen LogP contribution is -2.43. The molecular weight excluding hydrogens is 318 g/mol. The Morgan fingerprint density at radius 3 is 2.48 bits per heavy atom. The van der Waals surface area contributed by atoms with E-state index in [0.29, 0.717) is 12.3 Å². The fourth-order valence-corrected chi connectivity index (χ4v) is 3.09. The van der Waals surface area contributed by atoms with E-state index >= 15 is 0 Å². The van der Waals surface area contributed by atoms with Gasteiger partial charge < -0.3 is 15.1 Å². The lowest BCUT2D eigenvalue weighted by molar-refractivity contribution is -0.129. The fourth-order valence-electron chi connectivity index (χ4n) is 3.09. The quantitative estimate of drug-likeness (QED) is 0.806. The molecule has 25 heavy (non-hydrogen) atoms. The maximum absolute atomic E-state index is 12.7. The van der Waals surface area contributed by atoms with Crippen LogP contribution in [0, 0.1) is 0 Å². The largest absolute Gasteiger partial charge is 0.467 e. The third-order valence-electron chi connectivity index (χ3n) is 4.33. The summed E-state index contributed by atoms with van der Waals surface area (Å²) in [5, 5.41) is 5.49. The molecule has 0 unspecified atom stereocenters. The van der Waals surface area contributed by atoms with Gasteiger partial charge in [-0.25, -0.2) is 0 Å². The summed E-state index contributed by atoms with van der Waals surface area (Å²) in [5.41, 5.74) is 0.956. The smallest absolute Gasteiger partial charge is 0.242 e. The molecule has 2 N–H and O–H groups in total. The average Bonchev–Trinajstić information content (AvgIpc) is 3.33. The van der Waals surface area contributed by atoms with Crippen molar-refractivity contribution < 1.29 is 14.0 Å². The molecule has 1 saturated heterocycles. The SMILES string of the molecule is O=C(CNC(=O)[C@@H](c1ccccc1)N1CCCC1)NCc1ccco1. The van der Waals surface area contributed by atoms with Gasteiger partial charge in [0.2, 0.25) is 11.8 Å². The van der Waals surface area contributed by atoms with Gasteiger partial charge in [-0.15, -0.1) is 0 Å². The summed E-state index contributed by atoms with van der Waals surface area (Å²) in [5.74, 6) is 0.304. The van der Waals surface area contributed by atoms with Crippen molar-refractivity contribution in [3.05, 3.63) is 60.1 Å². The van der Waals surface area contributed by atoms with Crippen LogP contribution in [0.15, 0.2) is 53.1 Å². The van der Waals surface area contributed by atoms with E-state index in [4.69, 9.17) is 4.42 Å². The predicted molar refractivity (Wildman–Crippen MR) is 93.6 cm³/mol. The first-order valence-electron chi connectivity index (χ1n) is 8.60. The van der Waals surface area contributed by atoms with Crippen molar-refractivity contribution in [3.8, 4) is 0 Å². The summed E-state index contributed by atoms with van der Waals surface area (Å²) >= 11 is 0. The van der Waals surface area contributed by atoms with Gasteiger partial charge in [-0.3, -0.25) is 14.5 Å². The summed E-state index contributed by atoms with van der Waals surface area (Å²) in [4.78, 5) is 26.8. The Hall–Kier alpha value is -2.60. The molecule has 1 fully saturated rings. The third-order valence-corrected chi connectivity index (χ3v) is 4.33. The second-order valence-corrected chi connectivity index (χ2v) is 6.13. The van der Waals surface area contributed by atoms with Crippen molar-refractivity contribution in [2.24, 2.45) is 0 Å². The number of benzene rings is 1. The number of carbonyl (C=O) groups excluding carboxylic acids is 2. The fraction of sp³-hybridized carbons (Fsp3) is 0.368. The van der Waals surface area contributed by atoms with Crippen LogP contribution in [0.4, 0.5) is 0 Å². The van der Waals surface area contributed by atoms with Crippen molar-refractivity contribution in [2.45, 2.75) is 25.4 Å². The highest BCUT2D eigenvalue weighted by Crippen LogP contribution is 2.25. The second-order valence-electron chi connectivity index (χ2n) is 6.13. The van der Waals surface area contributed by atoms with E-state index in [-0.39, 0.29) is 24.4 Å². The van der Waals surface area contributed by atoms with Crippen molar-refractivity contribution in [1.82, 2.24) is 15.5 Å². The average molecular weight is 341 g/mol. The maximum Gasteiger partial charge on any atom is 0.242 e. The summed E-state index contributed by atoms with van der Waals surface area (Å²) in [6.45, 7) is 2.07. The molecule has 2 heterocycles. The van der Waals surface area contributed by atoms with Gasteiger partial charge in [-0.05, 0) is 43.6 Å². The normalized spacial score (nSPS) is 15.7. The molecule has 132 valence electrons. The summed E-state index contributed by atoms with van der Waals surface area (Å²) in [6.07, 6.45) is 3.75. The van der Waals surface area contributed by atoms with E-state index in [0.717, 1.165) is 31.5 Å². The minimum absolute atomic E-state index is 0.0449. The molecule has 1 aromatic heterocycles. The van der Waals surface area contributed by atoms with E-state index < -0.39 is 0 Å². The molecule has 2 amide bonds. The standard InChI is InChI=1S/C19H23N3O3/c23-17(20-13-16-9-6-12-25-16)14-21-19(24)18(22-10-4-5-11-22)15-7-2-1-3-8-15/h1-3,6-9,12,18H,4-5,10-11,13-14H2,(H,20,23)(H,21,24)/t18-/m1/s1. The second kappa shape index (κ2) is 8.48. The van der Waals surface area contributed by atoms with Crippen LogP contribution in [0.1, 0.15) is 30.2 Å². The highest BCUT2D eigenvalue weighted by atomic mass is 16.3. The monoisotopic (exact) mass is 341 g/mol. The molecule has 1 aromatic carbocycles. The van der Waals surface area contributed by atoms with Crippen molar-refractivity contribution in [3.63, 3.8) is 0 Å². The zero-order chi connectivity index (χ0) is 17.5. The number of nitrogens with zero attached hydrogens (tertiary/aromatic N) is 1. The van der Waals surface area contributed by atoms with E-state index in [2.05, 4.69) is 15.5 Å². The van der Waals surface area contributed by atoms with Gasteiger partial charge in [-0.1, -0.05) is 30.3 Å². The number of furan rings is 1. The van der Waals surface area contributed by atoms with Crippen molar-refractivity contribution in [1.29, 1.82) is 0 Å². The first-order chi connectivity index (χ1) is 12.2. The number of likely N-dealkylation sites (tertiary alicyclic amines) is 1. The van der Waals surface area contributed by atoms with Gasteiger partial charge in [0.05, 0.1) is 19.4 Å². The Balaban J connectivity index is 1.55. The molecule has 3 rings (SSSR count). The molecule has 0 radical (unpaired) electrons. The molecule has 1 aliphatic rings. The Kier molecular flexibility index (Phi) is 5.85. The maximum atomic E-state index is 12.7. The summed E-state index contributed by atoms with van der Waals surface area (Å²) in [7, 11) is 0. The van der Waals surface area contributed by atoms with Gasteiger partial charge in [0.15, 0.2) is 0 Å². The number of nitrogens with one attached hydrogen (secondary N) is 2. The highest BCUT2D eigenvalue weighted by Gasteiger charge is 2.29. The minimum Gasteiger partial charge on any atom is -0.467 e. The Labute approximate surface area is 147 Å². The zero-order valence-corrected chi connectivity index (χ0v) is 14.1. The van der Waals surface area contributed by atoms with Crippen LogP contribution in [0.5, 0.6) is 0 Å². The van der Waals surface area contributed by atoms with Crippen LogP contribution in [0.3, 0.4) is 0 Å². The lowest BCUT2D eigenvalue weighted by Gasteiger charge is -2.26. The molecule has 0 spiro atoms. The van der Waals surface area contributed by atoms with E-state index in [9.17, 15) is 9.59 Å². The molecule has 2 aromatic rings. The first-order valence-corrected chi connectivity index (χ1v) is 8.60. The summed E-state index contributed by atoms with van der Waals surface area (Å²) in [6, 6.07) is 12.9. The highest BCUT2D eigenvalue weighted by molar-refractivity contribution is 5.88.